The Bertz CT molecular complexity index is 2030. The van der Waals surface area contributed by atoms with Crippen molar-refractivity contribution in [1.29, 1.82) is 0 Å². The minimum atomic E-state index is -0.796. The van der Waals surface area contributed by atoms with Crippen LogP contribution >= 0.6 is 46.1 Å². The molecule has 10 heteroatoms. The first-order chi connectivity index (χ1) is 20.3. The molecule has 3 aromatic carbocycles. The zero-order valence-electron chi connectivity index (χ0n) is 22.0. The van der Waals surface area contributed by atoms with Crippen molar-refractivity contribution >= 4 is 63.9 Å². The fourth-order valence-corrected chi connectivity index (χ4v) is 6.40. The molecule has 2 aromatic heterocycles. The Balaban J connectivity index is 1.55. The standard InChI is InChI=1S/C32H21Cl3N2O4S/c1-2-40-31(39)27-28(18-6-4-3-5-7-18)36-32-37(29(27)19-8-10-20(33)11-9-19)30(38)26(42-32)17-22-13-15-25(41-22)23-14-12-21(34)16-24(23)35/h3-17,29H,2H2,1H3. The fourth-order valence-electron chi connectivity index (χ4n) is 4.79. The Kier molecular flexibility index (Phi) is 7.92. The van der Waals surface area contributed by atoms with E-state index in [0.717, 1.165) is 5.56 Å². The van der Waals surface area contributed by atoms with Crippen molar-refractivity contribution in [3.63, 3.8) is 0 Å². The van der Waals surface area contributed by atoms with Gasteiger partial charge in [-0.1, -0.05) is 88.6 Å². The number of halogens is 3. The predicted molar refractivity (Wildman–Crippen MR) is 167 cm³/mol. The average Bonchev–Trinajstić information content (AvgIpc) is 3.57. The van der Waals surface area contributed by atoms with Gasteiger partial charge in [-0.15, -0.1) is 0 Å². The van der Waals surface area contributed by atoms with Gasteiger partial charge < -0.3 is 9.15 Å². The number of esters is 1. The van der Waals surface area contributed by atoms with Gasteiger partial charge in [-0.2, -0.15) is 0 Å². The highest BCUT2D eigenvalue weighted by Crippen LogP contribution is 2.36. The minimum absolute atomic E-state index is 0.167. The van der Waals surface area contributed by atoms with Crippen molar-refractivity contribution in [1.82, 2.24) is 4.57 Å². The fraction of sp³-hybridized carbons (Fsp3) is 0.0938. The number of aromatic nitrogens is 1. The molecule has 0 saturated heterocycles. The number of furan rings is 1. The Morgan fingerprint density at radius 1 is 1.00 bits per heavy atom. The summed E-state index contributed by atoms with van der Waals surface area (Å²) in [6.45, 7) is 1.91. The molecule has 3 heterocycles. The van der Waals surface area contributed by atoms with Crippen LogP contribution in [0.2, 0.25) is 15.1 Å². The molecule has 0 radical (unpaired) electrons. The second kappa shape index (κ2) is 11.8. The summed E-state index contributed by atoms with van der Waals surface area (Å²) in [5, 5.41) is 1.50. The highest BCUT2D eigenvalue weighted by molar-refractivity contribution is 7.07. The van der Waals surface area contributed by atoms with E-state index in [0.29, 0.717) is 52.7 Å². The predicted octanol–water partition coefficient (Wildman–Crippen LogP) is 7.16. The average molecular weight is 636 g/mol. The summed E-state index contributed by atoms with van der Waals surface area (Å²) in [6, 6.07) is 24.3. The van der Waals surface area contributed by atoms with Gasteiger partial charge in [-0.05, 0) is 55.0 Å². The molecular weight excluding hydrogens is 615 g/mol. The Hall–Kier alpha value is -3.88. The third kappa shape index (κ3) is 5.37. The molecule has 0 saturated carbocycles. The van der Waals surface area contributed by atoms with Crippen LogP contribution in [0.5, 0.6) is 0 Å². The molecule has 1 atom stereocenters. The van der Waals surface area contributed by atoms with Crippen LogP contribution in [0.25, 0.3) is 23.1 Å². The van der Waals surface area contributed by atoms with Gasteiger partial charge in [0.1, 0.15) is 11.5 Å². The maximum absolute atomic E-state index is 14.0. The quantitative estimate of drug-likeness (QED) is 0.186. The second-order valence-corrected chi connectivity index (χ2v) is 11.6. The van der Waals surface area contributed by atoms with Crippen molar-refractivity contribution in [3.8, 4) is 11.3 Å². The first-order valence-electron chi connectivity index (χ1n) is 12.9. The molecule has 6 rings (SSSR count). The lowest BCUT2D eigenvalue weighted by Crippen LogP contribution is -2.39. The molecule has 0 spiro atoms. The molecule has 0 aliphatic carbocycles. The van der Waals surface area contributed by atoms with Gasteiger partial charge in [-0.3, -0.25) is 9.36 Å². The summed E-state index contributed by atoms with van der Waals surface area (Å²) in [5.41, 5.74) is 2.48. The van der Waals surface area contributed by atoms with Gasteiger partial charge >= 0.3 is 5.97 Å². The van der Waals surface area contributed by atoms with Crippen molar-refractivity contribution in [2.75, 3.05) is 6.61 Å². The Morgan fingerprint density at radius 2 is 1.74 bits per heavy atom. The molecule has 0 fully saturated rings. The van der Waals surface area contributed by atoms with E-state index in [-0.39, 0.29) is 17.7 Å². The number of hydrogen-bond acceptors (Lipinski definition) is 6. The zero-order chi connectivity index (χ0) is 29.4. The van der Waals surface area contributed by atoms with Crippen LogP contribution in [-0.4, -0.2) is 17.1 Å². The number of carbonyl (C=O) groups is 1. The molecule has 5 aromatic rings. The molecule has 210 valence electrons. The highest BCUT2D eigenvalue weighted by Gasteiger charge is 2.35. The van der Waals surface area contributed by atoms with Crippen LogP contribution in [0.3, 0.4) is 0 Å². The molecule has 0 N–H and O–H groups in total. The summed E-state index contributed by atoms with van der Waals surface area (Å²) < 4.78 is 13.4. The third-order valence-electron chi connectivity index (χ3n) is 6.66. The number of rotatable bonds is 6. The normalized spacial score (nSPS) is 15.0. The van der Waals surface area contributed by atoms with Crippen molar-refractivity contribution in [2.24, 2.45) is 4.99 Å². The lowest BCUT2D eigenvalue weighted by atomic mass is 9.93. The second-order valence-electron chi connectivity index (χ2n) is 9.31. The van der Waals surface area contributed by atoms with Crippen LogP contribution in [0.15, 0.2) is 105 Å². The molecule has 1 aliphatic heterocycles. The van der Waals surface area contributed by atoms with E-state index in [4.69, 9.17) is 48.9 Å². The van der Waals surface area contributed by atoms with Gasteiger partial charge in [0.05, 0.1) is 33.5 Å². The van der Waals surface area contributed by atoms with E-state index < -0.39 is 12.0 Å². The summed E-state index contributed by atoms with van der Waals surface area (Å²) in [6.07, 6.45) is 1.66. The topological polar surface area (TPSA) is 73.8 Å². The lowest BCUT2D eigenvalue weighted by molar-refractivity contribution is -0.138. The maximum Gasteiger partial charge on any atom is 0.338 e. The number of carbonyl (C=O) groups excluding carboxylic acids is 1. The molecule has 42 heavy (non-hydrogen) atoms. The summed E-state index contributed by atoms with van der Waals surface area (Å²) in [5.74, 6) is 0.438. The number of thiazole rings is 1. The maximum atomic E-state index is 14.0. The van der Waals surface area contributed by atoms with E-state index in [9.17, 15) is 9.59 Å². The van der Waals surface area contributed by atoms with Gasteiger partial charge in [0.25, 0.3) is 5.56 Å². The molecule has 6 nitrogen and oxygen atoms in total. The van der Waals surface area contributed by atoms with Gasteiger partial charge in [0, 0.05) is 27.2 Å². The number of nitrogens with zero attached hydrogens (tertiary/aromatic N) is 2. The molecule has 1 unspecified atom stereocenters. The van der Waals surface area contributed by atoms with E-state index in [1.165, 1.54) is 15.9 Å². The summed E-state index contributed by atoms with van der Waals surface area (Å²) in [4.78, 5) is 32.8. The Morgan fingerprint density at radius 3 is 2.45 bits per heavy atom. The van der Waals surface area contributed by atoms with E-state index in [2.05, 4.69) is 0 Å². The molecule has 0 amide bonds. The minimum Gasteiger partial charge on any atom is -0.463 e. The van der Waals surface area contributed by atoms with Gasteiger partial charge in [-0.25, -0.2) is 9.79 Å². The SMILES string of the molecule is CCOC(=O)C1=C(c2ccccc2)N=c2sc(=Cc3ccc(-c4ccc(Cl)cc4Cl)o3)c(=O)n2C1c1ccc(Cl)cc1. The van der Waals surface area contributed by atoms with Gasteiger partial charge in [0.2, 0.25) is 0 Å². The van der Waals surface area contributed by atoms with Crippen LogP contribution in [0.1, 0.15) is 29.9 Å². The third-order valence-corrected chi connectivity index (χ3v) is 8.44. The van der Waals surface area contributed by atoms with Crippen LogP contribution in [0, 0.1) is 0 Å². The highest BCUT2D eigenvalue weighted by atomic mass is 35.5. The number of fused-ring (bicyclic) bond motifs is 1. The van der Waals surface area contributed by atoms with Crippen LogP contribution in [0.4, 0.5) is 0 Å². The van der Waals surface area contributed by atoms with Crippen molar-refractivity contribution in [3.05, 3.63) is 142 Å². The van der Waals surface area contributed by atoms with Crippen molar-refractivity contribution < 1.29 is 13.9 Å². The number of ether oxygens (including phenoxy) is 1. The summed E-state index contributed by atoms with van der Waals surface area (Å²) in [7, 11) is 0. The lowest BCUT2D eigenvalue weighted by Gasteiger charge is -2.25. The van der Waals surface area contributed by atoms with E-state index in [1.54, 1.807) is 67.6 Å². The first-order valence-corrected chi connectivity index (χ1v) is 14.9. The molecule has 0 bridgehead atoms. The molecule has 1 aliphatic rings. The number of hydrogen-bond donors (Lipinski definition) is 0. The zero-order valence-corrected chi connectivity index (χ0v) is 25.1. The largest absolute Gasteiger partial charge is 0.463 e. The van der Waals surface area contributed by atoms with Crippen LogP contribution in [-0.2, 0) is 9.53 Å². The van der Waals surface area contributed by atoms with E-state index >= 15 is 0 Å². The molecular formula is C32H21Cl3N2O4S. The summed E-state index contributed by atoms with van der Waals surface area (Å²) >= 11 is 19.8. The van der Waals surface area contributed by atoms with Gasteiger partial charge in [0.15, 0.2) is 4.80 Å². The monoisotopic (exact) mass is 634 g/mol. The van der Waals surface area contributed by atoms with E-state index in [1.807, 2.05) is 30.3 Å². The smallest absolute Gasteiger partial charge is 0.338 e. The first kappa shape index (κ1) is 28.2. The van der Waals surface area contributed by atoms with Crippen LogP contribution < -0.4 is 14.9 Å². The number of benzene rings is 3. The van der Waals surface area contributed by atoms with Crippen molar-refractivity contribution in [2.45, 2.75) is 13.0 Å². The Labute approximate surface area is 259 Å².